The summed E-state index contributed by atoms with van der Waals surface area (Å²) >= 11 is 2.86. The number of urea groups is 1. The molecule has 34 heavy (non-hydrogen) atoms. The number of nitrogens with one attached hydrogen (secondary N) is 3. The second-order valence-corrected chi connectivity index (χ2v) is 10.3. The number of benzene rings is 1. The maximum atomic E-state index is 12.7. The van der Waals surface area contributed by atoms with Crippen LogP contribution in [-0.2, 0) is 17.6 Å². The van der Waals surface area contributed by atoms with E-state index < -0.39 is 0 Å². The molecule has 5 rings (SSSR count). The first kappa shape index (κ1) is 22.8. The lowest BCUT2D eigenvalue weighted by Crippen LogP contribution is -2.47. The number of aromatic amines is 1. The molecule has 0 radical (unpaired) electrons. The first-order valence-corrected chi connectivity index (χ1v) is 12.9. The van der Waals surface area contributed by atoms with Crippen LogP contribution < -0.4 is 15.5 Å². The lowest BCUT2D eigenvalue weighted by Gasteiger charge is -2.27. The van der Waals surface area contributed by atoms with E-state index in [9.17, 15) is 9.59 Å². The lowest BCUT2D eigenvalue weighted by molar-refractivity contribution is 0.149. The maximum Gasteiger partial charge on any atom is 0.317 e. The molecule has 178 valence electrons. The van der Waals surface area contributed by atoms with Gasteiger partial charge in [0.25, 0.3) is 0 Å². The summed E-state index contributed by atoms with van der Waals surface area (Å²) in [6, 6.07) is 5.84. The molecule has 2 amide bonds. The molecule has 0 saturated heterocycles. The van der Waals surface area contributed by atoms with E-state index in [1.54, 1.807) is 29.7 Å². The summed E-state index contributed by atoms with van der Waals surface area (Å²) in [4.78, 5) is 40.1. The number of carbonyl (C=O) groups is 1. The zero-order chi connectivity index (χ0) is 23.7. The van der Waals surface area contributed by atoms with Gasteiger partial charge in [0, 0.05) is 43.2 Å². The average Bonchev–Trinajstić information content (AvgIpc) is 3.38. The Morgan fingerprint density at radius 1 is 1.32 bits per heavy atom. The first-order valence-electron chi connectivity index (χ1n) is 11.2. The molecule has 1 aliphatic carbocycles. The summed E-state index contributed by atoms with van der Waals surface area (Å²) in [5, 5.41) is 7.67. The number of hydrogen-bond acceptors (Lipinski definition) is 8. The van der Waals surface area contributed by atoms with Crippen LogP contribution in [0.3, 0.4) is 0 Å². The minimum Gasteiger partial charge on any atom is -0.383 e. The van der Waals surface area contributed by atoms with Crippen LogP contribution in [-0.4, -0.2) is 58.7 Å². The number of ether oxygens (including phenoxy) is 1. The summed E-state index contributed by atoms with van der Waals surface area (Å²) in [6.45, 7) is 3.72. The summed E-state index contributed by atoms with van der Waals surface area (Å²) < 4.78 is 6.02. The Bertz CT molecular complexity index is 1390. The van der Waals surface area contributed by atoms with Gasteiger partial charge in [0.2, 0.25) is 0 Å². The van der Waals surface area contributed by atoms with Crippen molar-refractivity contribution in [1.82, 2.24) is 25.2 Å². The molecule has 0 fully saturated rings. The van der Waals surface area contributed by atoms with E-state index in [2.05, 4.69) is 25.6 Å². The van der Waals surface area contributed by atoms with Gasteiger partial charge in [-0.15, -0.1) is 11.3 Å². The van der Waals surface area contributed by atoms with Crippen LogP contribution in [0.2, 0.25) is 0 Å². The van der Waals surface area contributed by atoms with E-state index in [0.29, 0.717) is 19.7 Å². The fourth-order valence-electron chi connectivity index (χ4n) is 4.36. The highest BCUT2D eigenvalue weighted by molar-refractivity contribution is 7.19. The SMILES string of the molecule is CCN(CCOC)C(=O)NC1CCc2c(sc3ncnc(Nc4ccc5[nH]c(=O)sc5c4)c23)C1. The number of hydrogen-bond donors (Lipinski definition) is 3. The highest BCUT2D eigenvalue weighted by Gasteiger charge is 2.27. The summed E-state index contributed by atoms with van der Waals surface area (Å²) in [5.74, 6) is 0.768. The molecule has 1 atom stereocenters. The standard InChI is InChI=1S/C23H26N6O3S2/c1-3-29(8-9-32-2)22(30)27-14-4-6-15-17(10-14)33-21-19(15)20(24-12-25-21)26-13-5-7-16-18(11-13)34-23(31)28-16/h5,7,11-12,14H,3-4,6,8-10H2,1-2H3,(H,27,30)(H,28,31)(H,24,25,26). The molecule has 11 heteroatoms. The maximum absolute atomic E-state index is 12.7. The second kappa shape index (κ2) is 9.69. The number of thiophene rings is 1. The molecule has 9 nitrogen and oxygen atoms in total. The first-order chi connectivity index (χ1) is 16.6. The third kappa shape index (κ3) is 4.50. The van der Waals surface area contributed by atoms with Crippen LogP contribution in [0.25, 0.3) is 20.4 Å². The molecule has 4 aromatic rings. The molecule has 1 aromatic carbocycles. The van der Waals surface area contributed by atoms with Crippen molar-refractivity contribution in [3.8, 4) is 0 Å². The minimum absolute atomic E-state index is 0.0429. The van der Waals surface area contributed by atoms with E-state index in [-0.39, 0.29) is 16.9 Å². The molecule has 3 aromatic heterocycles. The van der Waals surface area contributed by atoms with Crippen molar-refractivity contribution < 1.29 is 9.53 Å². The van der Waals surface area contributed by atoms with E-state index in [4.69, 9.17) is 4.74 Å². The Morgan fingerprint density at radius 3 is 3.03 bits per heavy atom. The van der Waals surface area contributed by atoms with Gasteiger partial charge in [-0.05, 0) is 43.5 Å². The predicted molar refractivity (Wildman–Crippen MR) is 137 cm³/mol. The molecule has 0 spiro atoms. The van der Waals surface area contributed by atoms with Crippen LogP contribution >= 0.6 is 22.7 Å². The molecule has 3 N–H and O–H groups in total. The predicted octanol–water partition coefficient (Wildman–Crippen LogP) is 3.87. The average molecular weight is 499 g/mol. The van der Waals surface area contributed by atoms with Crippen molar-refractivity contribution in [3.05, 3.63) is 44.6 Å². The number of methoxy groups -OCH3 is 1. The third-order valence-corrected chi connectivity index (χ3v) is 8.10. The highest BCUT2D eigenvalue weighted by Crippen LogP contribution is 2.39. The number of fused-ring (bicyclic) bond motifs is 4. The Hall–Kier alpha value is -3.02. The van der Waals surface area contributed by atoms with Gasteiger partial charge in [-0.3, -0.25) is 4.79 Å². The number of aromatic nitrogens is 3. The molecule has 0 aliphatic heterocycles. The number of H-pyrrole nitrogens is 1. The Labute approximate surface area is 204 Å². The third-order valence-electron chi connectivity index (χ3n) is 6.09. The van der Waals surface area contributed by atoms with Gasteiger partial charge >= 0.3 is 10.9 Å². The Morgan fingerprint density at radius 2 is 2.21 bits per heavy atom. The molecule has 0 bridgehead atoms. The van der Waals surface area contributed by atoms with Crippen molar-refractivity contribution in [1.29, 1.82) is 0 Å². The molecule has 1 unspecified atom stereocenters. The van der Waals surface area contributed by atoms with Crippen LogP contribution in [0.1, 0.15) is 23.8 Å². The summed E-state index contributed by atoms with van der Waals surface area (Å²) in [7, 11) is 1.64. The number of rotatable bonds is 7. The van der Waals surface area contributed by atoms with Crippen LogP contribution in [0.5, 0.6) is 0 Å². The fourth-order valence-corrected chi connectivity index (χ4v) is 6.40. The summed E-state index contributed by atoms with van der Waals surface area (Å²) in [6.07, 6.45) is 4.08. The quantitative estimate of drug-likeness (QED) is 0.357. The van der Waals surface area contributed by atoms with Gasteiger partial charge in [0.15, 0.2) is 0 Å². The van der Waals surface area contributed by atoms with Crippen molar-refractivity contribution in [3.63, 3.8) is 0 Å². The molecular weight excluding hydrogens is 472 g/mol. The molecular formula is C23H26N6O3S2. The van der Waals surface area contributed by atoms with Gasteiger partial charge in [0.05, 0.1) is 22.2 Å². The van der Waals surface area contributed by atoms with Crippen molar-refractivity contribution in [2.45, 2.75) is 32.2 Å². The zero-order valence-electron chi connectivity index (χ0n) is 19.0. The molecule has 1 aliphatic rings. The minimum atomic E-state index is -0.0640. The summed E-state index contributed by atoms with van der Waals surface area (Å²) in [5.41, 5.74) is 2.96. The number of amides is 2. The van der Waals surface area contributed by atoms with E-state index in [0.717, 1.165) is 51.2 Å². The van der Waals surface area contributed by atoms with Crippen LogP contribution in [0, 0.1) is 0 Å². The van der Waals surface area contributed by atoms with E-state index >= 15 is 0 Å². The number of nitrogens with zero attached hydrogens (tertiary/aromatic N) is 3. The van der Waals surface area contributed by atoms with Crippen LogP contribution in [0.15, 0.2) is 29.3 Å². The number of thiazole rings is 1. The Kier molecular flexibility index (Phi) is 6.48. The number of likely N-dealkylation sites (N-methyl/N-ethyl adjacent to an activating group) is 1. The van der Waals surface area contributed by atoms with Gasteiger partial charge in [-0.2, -0.15) is 0 Å². The van der Waals surface area contributed by atoms with Gasteiger partial charge in [-0.25, -0.2) is 14.8 Å². The number of anilines is 2. The lowest BCUT2D eigenvalue weighted by atomic mass is 9.93. The van der Waals surface area contributed by atoms with Crippen molar-refractivity contribution >= 4 is 60.6 Å². The number of carbonyl (C=O) groups excluding carboxylic acids is 1. The van der Waals surface area contributed by atoms with Crippen LogP contribution in [0.4, 0.5) is 16.3 Å². The topological polar surface area (TPSA) is 112 Å². The van der Waals surface area contributed by atoms with Gasteiger partial charge < -0.3 is 25.3 Å². The molecule has 0 saturated carbocycles. The zero-order valence-corrected chi connectivity index (χ0v) is 20.6. The number of aryl methyl sites for hydroxylation is 1. The fraction of sp³-hybridized carbons (Fsp3) is 0.391. The van der Waals surface area contributed by atoms with Crippen molar-refractivity contribution in [2.24, 2.45) is 0 Å². The Balaban J connectivity index is 1.36. The van der Waals surface area contributed by atoms with E-state index in [1.807, 2.05) is 25.1 Å². The monoisotopic (exact) mass is 498 g/mol. The molecule has 3 heterocycles. The van der Waals surface area contributed by atoms with Gasteiger partial charge in [-0.1, -0.05) is 11.3 Å². The van der Waals surface area contributed by atoms with Gasteiger partial charge in [0.1, 0.15) is 17.0 Å². The van der Waals surface area contributed by atoms with Crippen molar-refractivity contribution in [2.75, 3.05) is 32.1 Å². The smallest absolute Gasteiger partial charge is 0.317 e. The van der Waals surface area contributed by atoms with E-state index in [1.165, 1.54) is 21.8 Å². The normalized spacial score (nSPS) is 15.4. The highest BCUT2D eigenvalue weighted by atomic mass is 32.1. The largest absolute Gasteiger partial charge is 0.383 e. The second-order valence-electron chi connectivity index (χ2n) is 8.22.